The van der Waals surface area contributed by atoms with E-state index in [2.05, 4.69) is 43.1 Å². The molecule has 0 aromatic rings. The van der Waals surface area contributed by atoms with Gasteiger partial charge in [-0.25, -0.2) is 0 Å². The Balaban J connectivity index is 2.14. The van der Waals surface area contributed by atoms with Gasteiger partial charge in [-0.05, 0) is 72.4 Å². The number of hydrogen-bond donors (Lipinski definition) is 1. The van der Waals surface area contributed by atoms with Crippen molar-refractivity contribution in [2.75, 3.05) is 40.3 Å². The highest BCUT2D eigenvalue weighted by atomic mass is 15.2. The van der Waals surface area contributed by atoms with E-state index in [1.807, 2.05) is 0 Å². The summed E-state index contributed by atoms with van der Waals surface area (Å²) in [5.74, 6) is 0. The maximum Gasteiger partial charge on any atom is 0.0117 e. The van der Waals surface area contributed by atoms with E-state index in [9.17, 15) is 0 Å². The third-order valence-corrected chi connectivity index (χ3v) is 4.36. The largest absolute Gasteiger partial charge is 0.314 e. The second-order valence-electron chi connectivity index (χ2n) is 5.82. The fourth-order valence-corrected chi connectivity index (χ4v) is 2.94. The van der Waals surface area contributed by atoms with Crippen LogP contribution in [0.2, 0.25) is 0 Å². The van der Waals surface area contributed by atoms with Crippen LogP contribution in [0, 0.1) is 0 Å². The van der Waals surface area contributed by atoms with Gasteiger partial charge in [0.1, 0.15) is 0 Å². The molecular formula is C15H33N3. The maximum atomic E-state index is 3.57. The van der Waals surface area contributed by atoms with Gasteiger partial charge in [0, 0.05) is 12.1 Å². The maximum absolute atomic E-state index is 3.57. The predicted molar refractivity (Wildman–Crippen MR) is 80.1 cm³/mol. The summed E-state index contributed by atoms with van der Waals surface area (Å²) in [6.45, 7) is 9.38. The first-order chi connectivity index (χ1) is 8.67. The molecule has 0 saturated carbocycles. The molecule has 0 amide bonds. The van der Waals surface area contributed by atoms with Gasteiger partial charge in [0.25, 0.3) is 0 Å². The first-order valence-electron chi connectivity index (χ1n) is 7.79. The van der Waals surface area contributed by atoms with Crippen LogP contribution in [0.5, 0.6) is 0 Å². The fourth-order valence-electron chi connectivity index (χ4n) is 2.94. The van der Waals surface area contributed by atoms with E-state index in [0.717, 1.165) is 18.6 Å². The zero-order valence-corrected chi connectivity index (χ0v) is 12.9. The van der Waals surface area contributed by atoms with E-state index in [4.69, 9.17) is 0 Å². The number of hydrogen-bond acceptors (Lipinski definition) is 3. The van der Waals surface area contributed by atoms with Crippen molar-refractivity contribution in [3.05, 3.63) is 0 Å². The minimum Gasteiger partial charge on any atom is -0.314 e. The highest BCUT2D eigenvalue weighted by Crippen LogP contribution is 2.15. The van der Waals surface area contributed by atoms with Gasteiger partial charge in [-0.15, -0.1) is 0 Å². The van der Waals surface area contributed by atoms with Crippen molar-refractivity contribution in [1.82, 2.24) is 15.1 Å². The van der Waals surface area contributed by atoms with Gasteiger partial charge in [0.05, 0.1) is 0 Å². The summed E-state index contributed by atoms with van der Waals surface area (Å²) >= 11 is 0. The summed E-state index contributed by atoms with van der Waals surface area (Å²) in [7, 11) is 4.54. The Morgan fingerprint density at radius 1 is 1.28 bits per heavy atom. The van der Waals surface area contributed by atoms with Gasteiger partial charge < -0.3 is 15.1 Å². The van der Waals surface area contributed by atoms with E-state index < -0.39 is 0 Å². The summed E-state index contributed by atoms with van der Waals surface area (Å²) in [6.07, 6.45) is 6.59. The second kappa shape index (κ2) is 8.89. The molecule has 3 nitrogen and oxygen atoms in total. The molecule has 1 unspecified atom stereocenters. The quantitative estimate of drug-likeness (QED) is 0.717. The van der Waals surface area contributed by atoms with Gasteiger partial charge in [0.15, 0.2) is 0 Å². The van der Waals surface area contributed by atoms with Crippen LogP contribution in [0.25, 0.3) is 0 Å². The normalized spacial score (nSPS) is 20.5. The average molecular weight is 255 g/mol. The van der Waals surface area contributed by atoms with Crippen LogP contribution < -0.4 is 5.32 Å². The molecule has 1 N–H and O–H groups in total. The van der Waals surface area contributed by atoms with Gasteiger partial charge in [0.2, 0.25) is 0 Å². The lowest BCUT2D eigenvalue weighted by Gasteiger charge is -2.35. The molecule has 0 aliphatic carbocycles. The Labute approximate surface area is 114 Å². The van der Waals surface area contributed by atoms with Crippen LogP contribution in [0.15, 0.2) is 0 Å². The van der Waals surface area contributed by atoms with Gasteiger partial charge >= 0.3 is 0 Å². The molecule has 1 aliphatic heterocycles. The number of rotatable bonds is 8. The van der Waals surface area contributed by atoms with Crippen LogP contribution in [-0.2, 0) is 0 Å². The van der Waals surface area contributed by atoms with Crippen molar-refractivity contribution in [3.8, 4) is 0 Å². The Morgan fingerprint density at radius 2 is 1.94 bits per heavy atom. The van der Waals surface area contributed by atoms with Crippen molar-refractivity contribution in [2.24, 2.45) is 0 Å². The highest BCUT2D eigenvalue weighted by Gasteiger charge is 2.20. The molecule has 0 aromatic carbocycles. The lowest BCUT2D eigenvalue weighted by atomic mass is 10.0. The van der Waals surface area contributed by atoms with Gasteiger partial charge in [-0.2, -0.15) is 0 Å². The molecular weight excluding hydrogens is 222 g/mol. The van der Waals surface area contributed by atoms with Crippen molar-refractivity contribution in [1.29, 1.82) is 0 Å². The molecule has 1 aliphatic rings. The summed E-state index contributed by atoms with van der Waals surface area (Å²) < 4.78 is 0. The minimum atomic E-state index is 0.723. The third kappa shape index (κ3) is 5.68. The molecule has 0 radical (unpaired) electrons. The smallest absolute Gasteiger partial charge is 0.0117 e. The van der Waals surface area contributed by atoms with Crippen LogP contribution in [0.1, 0.15) is 46.0 Å². The lowest BCUT2D eigenvalue weighted by Crippen LogP contribution is -2.42. The molecule has 0 aromatic heterocycles. The summed E-state index contributed by atoms with van der Waals surface area (Å²) in [4.78, 5) is 5.04. The SMILES string of the molecule is CCNC(CC)CCCN(C)C1CCN(C)CC1. The molecule has 108 valence electrons. The number of nitrogens with zero attached hydrogens (tertiary/aromatic N) is 2. The third-order valence-electron chi connectivity index (χ3n) is 4.36. The first-order valence-corrected chi connectivity index (χ1v) is 7.79. The molecule has 3 heteroatoms. The zero-order chi connectivity index (χ0) is 13.4. The van der Waals surface area contributed by atoms with Crippen molar-refractivity contribution >= 4 is 0 Å². The molecule has 18 heavy (non-hydrogen) atoms. The minimum absolute atomic E-state index is 0.723. The molecule has 1 rings (SSSR count). The second-order valence-corrected chi connectivity index (χ2v) is 5.82. The van der Waals surface area contributed by atoms with Crippen LogP contribution in [0.3, 0.4) is 0 Å². The average Bonchev–Trinajstić information content (AvgIpc) is 2.38. The van der Waals surface area contributed by atoms with E-state index in [1.165, 1.54) is 51.7 Å². The van der Waals surface area contributed by atoms with Crippen molar-refractivity contribution < 1.29 is 0 Å². The monoisotopic (exact) mass is 255 g/mol. The predicted octanol–water partition coefficient (Wildman–Crippen LogP) is 2.18. The van der Waals surface area contributed by atoms with E-state index in [1.54, 1.807) is 0 Å². The molecule has 1 atom stereocenters. The topological polar surface area (TPSA) is 18.5 Å². The van der Waals surface area contributed by atoms with Crippen LogP contribution >= 0.6 is 0 Å². The van der Waals surface area contributed by atoms with Crippen molar-refractivity contribution in [2.45, 2.75) is 58.0 Å². The van der Waals surface area contributed by atoms with Crippen LogP contribution in [0.4, 0.5) is 0 Å². The standard InChI is InChI=1S/C15H33N3/c1-5-14(16-6-2)8-7-11-18(4)15-9-12-17(3)13-10-15/h14-16H,5-13H2,1-4H3. The van der Waals surface area contributed by atoms with E-state index in [0.29, 0.717) is 0 Å². The molecule has 1 fully saturated rings. The first kappa shape index (κ1) is 15.9. The number of likely N-dealkylation sites (tertiary alicyclic amines) is 1. The zero-order valence-electron chi connectivity index (χ0n) is 12.9. The van der Waals surface area contributed by atoms with Gasteiger partial charge in [-0.3, -0.25) is 0 Å². The lowest BCUT2D eigenvalue weighted by molar-refractivity contribution is 0.142. The van der Waals surface area contributed by atoms with E-state index in [-0.39, 0.29) is 0 Å². The molecule has 1 heterocycles. The van der Waals surface area contributed by atoms with Crippen molar-refractivity contribution in [3.63, 3.8) is 0 Å². The number of piperidine rings is 1. The summed E-state index contributed by atoms with van der Waals surface area (Å²) in [6, 6.07) is 1.54. The summed E-state index contributed by atoms with van der Waals surface area (Å²) in [5.41, 5.74) is 0. The molecule has 0 bridgehead atoms. The Morgan fingerprint density at radius 3 is 2.50 bits per heavy atom. The highest BCUT2D eigenvalue weighted by molar-refractivity contribution is 4.77. The Kier molecular flexibility index (Phi) is 7.87. The summed E-state index contributed by atoms with van der Waals surface area (Å²) in [5, 5.41) is 3.57. The Hall–Kier alpha value is -0.120. The molecule has 1 saturated heterocycles. The Bertz CT molecular complexity index is 200. The van der Waals surface area contributed by atoms with Crippen LogP contribution in [-0.4, -0.2) is 62.2 Å². The number of nitrogens with one attached hydrogen (secondary N) is 1. The molecule has 0 spiro atoms. The van der Waals surface area contributed by atoms with E-state index >= 15 is 0 Å². The fraction of sp³-hybridized carbons (Fsp3) is 1.00. The van der Waals surface area contributed by atoms with Gasteiger partial charge in [-0.1, -0.05) is 13.8 Å².